The summed E-state index contributed by atoms with van der Waals surface area (Å²) in [5.41, 5.74) is 0.438. The van der Waals surface area contributed by atoms with Crippen LogP contribution in [0.1, 0.15) is 5.56 Å². The van der Waals surface area contributed by atoms with Crippen molar-refractivity contribution in [1.82, 2.24) is 19.7 Å². The second-order valence-electron chi connectivity index (χ2n) is 5.98. The number of hydrogen-bond acceptors (Lipinski definition) is 6. The predicted octanol–water partition coefficient (Wildman–Crippen LogP) is 3.31. The Morgan fingerprint density at radius 2 is 2.04 bits per heavy atom. The van der Waals surface area contributed by atoms with Crippen LogP contribution in [0.2, 0.25) is 5.02 Å². The zero-order chi connectivity index (χ0) is 20.0. The van der Waals surface area contributed by atoms with E-state index >= 15 is 0 Å². The normalized spacial score (nSPS) is 11.1. The van der Waals surface area contributed by atoms with Crippen molar-refractivity contribution < 1.29 is 9.13 Å². The van der Waals surface area contributed by atoms with Crippen LogP contribution in [0.3, 0.4) is 0 Å². The maximum Gasteiger partial charge on any atom is 0.334 e. The summed E-state index contributed by atoms with van der Waals surface area (Å²) in [5, 5.41) is 7.82. The SMILES string of the molecule is COc1cc(-c2cc3[nH]c(=O)n(-c4cc(C)cnn4)c(=O)c3s2)c(Cl)cc1F. The first kappa shape index (κ1) is 18.3. The number of ether oxygens (including phenoxy) is 1. The summed E-state index contributed by atoms with van der Waals surface area (Å²) in [5.74, 6) is -0.437. The van der Waals surface area contributed by atoms with Crippen molar-refractivity contribution >= 4 is 33.2 Å². The minimum atomic E-state index is -0.635. The molecule has 0 aliphatic heterocycles. The van der Waals surface area contributed by atoms with Gasteiger partial charge in [0.1, 0.15) is 4.70 Å². The Hall–Kier alpha value is -3.04. The van der Waals surface area contributed by atoms with Crippen LogP contribution in [-0.4, -0.2) is 26.9 Å². The molecule has 0 amide bonds. The molecule has 3 heterocycles. The number of H-pyrrole nitrogens is 1. The summed E-state index contributed by atoms with van der Waals surface area (Å²) in [6.07, 6.45) is 1.52. The number of nitrogens with zero attached hydrogens (tertiary/aromatic N) is 3. The van der Waals surface area contributed by atoms with Crippen LogP contribution in [0.25, 0.3) is 26.5 Å². The molecule has 4 aromatic rings. The van der Waals surface area contributed by atoms with Gasteiger partial charge in [0.05, 0.1) is 23.8 Å². The second-order valence-corrected chi connectivity index (χ2v) is 7.44. The largest absolute Gasteiger partial charge is 0.494 e. The lowest BCUT2D eigenvalue weighted by atomic mass is 10.1. The molecular weight excluding hydrogens is 407 g/mol. The number of benzene rings is 1. The lowest BCUT2D eigenvalue weighted by molar-refractivity contribution is 0.387. The Labute approximate surface area is 166 Å². The number of halogens is 2. The smallest absolute Gasteiger partial charge is 0.334 e. The van der Waals surface area contributed by atoms with Crippen LogP contribution >= 0.6 is 22.9 Å². The van der Waals surface area contributed by atoms with E-state index in [1.807, 2.05) is 0 Å². The molecule has 0 unspecified atom stereocenters. The van der Waals surface area contributed by atoms with E-state index in [0.717, 1.165) is 27.5 Å². The van der Waals surface area contributed by atoms with Crippen LogP contribution in [-0.2, 0) is 0 Å². The Kier molecular flexibility index (Phi) is 4.48. The van der Waals surface area contributed by atoms with E-state index in [0.29, 0.717) is 20.7 Å². The van der Waals surface area contributed by atoms with Gasteiger partial charge in [0.25, 0.3) is 5.56 Å². The number of aryl methyl sites for hydroxylation is 1. The van der Waals surface area contributed by atoms with E-state index in [9.17, 15) is 14.0 Å². The van der Waals surface area contributed by atoms with Crippen LogP contribution in [0, 0.1) is 12.7 Å². The van der Waals surface area contributed by atoms with Crippen LogP contribution in [0.15, 0.2) is 40.1 Å². The molecule has 0 radical (unpaired) electrons. The van der Waals surface area contributed by atoms with Crippen LogP contribution in [0.5, 0.6) is 5.75 Å². The maximum atomic E-state index is 13.8. The van der Waals surface area contributed by atoms with Gasteiger partial charge in [-0.05, 0) is 36.8 Å². The van der Waals surface area contributed by atoms with Gasteiger partial charge in [0.2, 0.25) is 0 Å². The Morgan fingerprint density at radius 3 is 2.75 bits per heavy atom. The summed E-state index contributed by atoms with van der Waals surface area (Å²) in [4.78, 5) is 28.7. The zero-order valence-electron chi connectivity index (χ0n) is 14.6. The van der Waals surface area contributed by atoms with E-state index in [1.165, 1.54) is 19.4 Å². The van der Waals surface area contributed by atoms with E-state index in [4.69, 9.17) is 16.3 Å². The summed E-state index contributed by atoms with van der Waals surface area (Å²) in [6, 6.07) is 5.80. The molecule has 3 aromatic heterocycles. The van der Waals surface area contributed by atoms with Crippen molar-refractivity contribution in [3.05, 3.63) is 67.7 Å². The average molecular weight is 419 g/mol. The fourth-order valence-electron chi connectivity index (χ4n) is 2.78. The molecular formula is C18H12ClFN4O3S. The van der Waals surface area contributed by atoms with Crippen molar-refractivity contribution in [2.24, 2.45) is 0 Å². The Morgan fingerprint density at radius 1 is 1.25 bits per heavy atom. The molecule has 0 fully saturated rings. The summed E-state index contributed by atoms with van der Waals surface area (Å²) in [6.45, 7) is 1.78. The van der Waals surface area contributed by atoms with Gasteiger partial charge < -0.3 is 9.72 Å². The van der Waals surface area contributed by atoms with Crippen LogP contribution < -0.4 is 16.0 Å². The third-order valence-corrected chi connectivity index (χ3v) is 5.56. The summed E-state index contributed by atoms with van der Waals surface area (Å²) in [7, 11) is 1.35. The van der Waals surface area contributed by atoms with Gasteiger partial charge in [0.15, 0.2) is 17.4 Å². The monoisotopic (exact) mass is 418 g/mol. The number of aromatic amines is 1. The molecule has 0 atom stereocenters. The Balaban J connectivity index is 1.96. The van der Waals surface area contributed by atoms with Gasteiger partial charge in [-0.1, -0.05) is 11.6 Å². The number of nitrogens with one attached hydrogen (secondary N) is 1. The van der Waals surface area contributed by atoms with E-state index in [2.05, 4.69) is 15.2 Å². The van der Waals surface area contributed by atoms with Gasteiger partial charge in [-0.3, -0.25) is 4.79 Å². The average Bonchev–Trinajstić information content (AvgIpc) is 3.06. The fraction of sp³-hybridized carbons (Fsp3) is 0.111. The van der Waals surface area contributed by atoms with Gasteiger partial charge in [-0.15, -0.1) is 16.4 Å². The molecule has 10 heteroatoms. The minimum Gasteiger partial charge on any atom is -0.494 e. The van der Waals surface area contributed by atoms with Gasteiger partial charge >= 0.3 is 5.69 Å². The van der Waals surface area contributed by atoms with Gasteiger partial charge in [-0.2, -0.15) is 5.10 Å². The van der Waals surface area contributed by atoms with Crippen LogP contribution in [0.4, 0.5) is 4.39 Å². The summed E-state index contributed by atoms with van der Waals surface area (Å²) >= 11 is 7.30. The summed E-state index contributed by atoms with van der Waals surface area (Å²) < 4.78 is 20.0. The molecule has 28 heavy (non-hydrogen) atoms. The topological polar surface area (TPSA) is 89.9 Å². The fourth-order valence-corrected chi connectivity index (χ4v) is 4.16. The standard InChI is InChI=1S/C18H12ClFN4O3S/c1-8-3-15(23-21-7-8)24-17(25)16-12(22-18(24)26)6-14(28-16)9-4-13(27-2)11(20)5-10(9)19/h3-7H,1-2H3,(H,22,26). The quantitative estimate of drug-likeness (QED) is 0.551. The minimum absolute atomic E-state index is 0.0257. The number of thiophene rings is 1. The third kappa shape index (κ3) is 2.98. The first-order chi connectivity index (χ1) is 13.4. The maximum absolute atomic E-state index is 13.8. The number of rotatable bonds is 3. The predicted molar refractivity (Wildman–Crippen MR) is 105 cm³/mol. The van der Waals surface area contributed by atoms with E-state index in [1.54, 1.807) is 19.1 Å². The first-order valence-electron chi connectivity index (χ1n) is 8.01. The lowest BCUT2D eigenvalue weighted by Gasteiger charge is -2.06. The Bertz CT molecular complexity index is 1350. The molecule has 4 rings (SSSR count). The van der Waals surface area contributed by atoms with Crippen molar-refractivity contribution in [2.75, 3.05) is 7.11 Å². The number of fused-ring (bicyclic) bond motifs is 1. The highest BCUT2D eigenvalue weighted by Crippen LogP contribution is 2.38. The van der Waals surface area contributed by atoms with Crippen molar-refractivity contribution in [3.8, 4) is 22.0 Å². The number of aromatic nitrogens is 4. The molecule has 0 spiro atoms. The zero-order valence-corrected chi connectivity index (χ0v) is 16.2. The van der Waals surface area contributed by atoms with Crippen molar-refractivity contribution in [3.63, 3.8) is 0 Å². The molecule has 0 aliphatic carbocycles. The van der Waals surface area contributed by atoms with Gasteiger partial charge in [-0.25, -0.2) is 13.8 Å². The lowest BCUT2D eigenvalue weighted by Crippen LogP contribution is -2.33. The number of methoxy groups -OCH3 is 1. The molecule has 0 aliphatic rings. The van der Waals surface area contributed by atoms with Crippen molar-refractivity contribution in [2.45, 2.75) is 6.92 Å². The third-order valence-electron chi connectivity index (χ3n) is 4.09. The molecule has 0 saturated heterocycles. The molecule has 142 valence electrons. The number of hydrogen-bond donors (Lipinski definition) is 1. The van der Waals surface area contributed by atoms with E-state index in [-0.39, 0.29) is 16.6 Å². The molecule has 0 saturated carbocycles. The highest BCUT2D eigenvalue weighted by Gasteiger charge is 2.17. The highest BCUT2D eigenvalue weighted by atomic mass is 35.5. The second kappa shape index (κ2) is 6.84. The van der Waals surface area contributed by atoms with Crippen molar-refractivity contribution in [1.29, 1.82) is 0 Å². The molecule has 0 bridgehead atoms. The molecule has 1 aromatic carbocycles. The molecule has 1 N–H and O–H groups in total. The molecule has 7 nitrogen and oxygen atoms in total. The van der Waals surface area contributed by atoms with E-state index < -0.39 is 17.1 Å². The first-order valence-corrected chi connectivity index (χ1v) is 9.20. The van der Waals surface area contributed by atoms with Gasteiger partial charge in [0, 0.05) is 10.4 Å². The highest BCUT2D eigenvalue weighted by molar-refractivity contribution is 7.22.